The molecule has 0 saturated heterocycles. The topological polar surface area (TPSA) is 72.8 Å². The number of carbonyl (C=O) groups excluding carboxylic acids is 2. The van der Waals surface area contributed by atoms with E-state index >= 15 is 0 Å². The van der Waals surface area contributed by atoms with Gasteiger partial charge in [-0.25, -0.2) is 0 Å². The molecule has 0 aromatic carbocycles. The van der Waals surface area contributed by atoms with Crippen LogP contribution < -0.4 is 0 Å². The van der Waals surface area contributed by atoms with Gasteiger partial charge in [0, 0.05) is 12.8 Å². The van der Waals surface area contributed by atoms with E-state index in [9.17, 15) is 14.7 Å². The molecule has 0 radical (unpaired) electrons. The highest BCUT2D eigenvalue weighted by Crippen LogP contribution is 2.10. The third-order valence-corrected chi connectivity index (χ3v) is 5.03. The van der Waals surface area contributed by atoms with E-state index in [4.69, 9.17) is 9.47 Å². The van der Waals surface area contributed by atoms with E-state index in [0.717, 1.165) is 25.7 Å². The van der Waals surface area contributed by atoms with Gasteiger partial charge in [-0.1, -0.05) is 77.4 Å². The molecule has 30 heavy (non-hydrogen) atoms. The van der Waals surface area contributed by atoms with Gasteiger partial charge in [0.1, 0.15) is 6.61 Å². The van der Waals surface area contributed by atoms with Crippen LogP contribution >= 0.6 is 0 Å². The first-order valence-corrected chi connectivity index (χ1v) is 12.2. The molecule has 0 amide bonds. The monoisotopic (exact) mass is 426 g/mol. The Morgan fingerprint density at radius 2 is 1.30 bits per heavy atom. The molecule has 0 rings (SSSR count). The van der Waals surface area contributed by atoms with Crippen LogP contribution in [0.2, 0.25) is 0 Å². The van der Waals surface area contributed by atoms with Crippen molar-refractivity contribution in [1.29, 1.82) is 0 Å². The van der Waals surface area contributed by atoms with Crippen molar-refractivity contribution in [2.75, 3.05) is 13.2 Å². The number of ether oxygens (including phenoxy) is 2. The Labute approximate surface area is 184 Å². The van der Waals surface area contributed by atoms with Crippen molar-refractivity contribution < 1.29 is 24.2 Å². The Balaban J connectivity index is 3.50. The Kier molecular flexibility index (Phi) is 21.3. The second-order valence-corrected chi connectivity index (χ2v) is 8.06. The van der Waals surface area contributed by atoms with E-state index in [2.05, 4.69) is 19.1 Å². The van der Waals surface area contributed by atoms with Gasteiger partial charge in [-0.3, -0.25) is 9.59 Å². The van der Waals surface area contributed by atoms with Crippen molar-refractivity contribution in [3.63, 3.8) is 0 Å². The fraction of sp³-hybridized carbons (Fsp3) is 0.840. The maximum Gasteiger partial charge on any atom is 0.306 e. The second kappa shape index (κ2) is 22.3. The van der Waals surface area contributed by atoms with Crippen LogP contribution in [0.25, 0.3) is 0 Å². The quantitative estimate of drug-likeness (QED) is 0.133. The third kappa shape index (κ3) is 19.9. The van der Waals surface area contributed by atoms with Crippen molar-refractivity contribution in [3.05, 3.63) is 12.2 Å². The normalized spacial score (nSPS) is 12.2. The molecule has 0 aliphatic heterocycles. The van der Waals surface area contributed by atoms with E-state index in [1.165, 1.54) is 57.8 Å². The highest BCUT2D eigenvalue weighted by molar-refractivity contribution is 5.70. The lowest BCUT2D eigenvalue weighted by Crippen LogP contribution is -2.28. The predicted octanol–water partition coefficient (Wildman–Crippen LogP) is 6.27. The zero-order chi connectivity index (χ0) is 22.3. The zero-order valence-corrected chi connectivity index (χ0v) is 19.5. The first-order chi connectivity index (χ1) is 14.6. The number of carbonyl (C=O) groups is 2. The van der Waals surface area contributed by atoms with Crippen molar-refractivity contribution in [2.24, 2.45) is 0 Å². The van der Waals surface area contributed by atoms with Crippen molar-refractivity contribution in [1.82, 2.24) is 0 Å². The van der Waals surface area contributed by atoms with E-state index < -0.39 is 6.10 Å². The molecule has 1 N–H and O–H groups in total. The molecule has 1 atom stereocenters. The SMILES string of the molecule is CCCCCCCC/C=C\CCCCCCCC(=O)O[C@@H](CO)COC(=O)CCC. The summed E-state index contributed by atoms with van der Waals surface area (Å²) in [6, 6.07) is 0. The van der Waals surface area contributed by atoms with Crippen molar-refractivity contribution in [3.8, 4) is 0 Å². The van der Waals surface area contributed by atoms with Crippen LogP contribution in [0.15, 0.2) is 12.2 Å². The van der Waals surface area contributed by atoms with E-state index in [-0.39, 0.29) is 25.2 Å². The van der Waals surface area contributed by atoms with Gasteiger partial charge in [-0.05, 0) is 38.5 Å². The molecule has 0 aromatic heterocycles. The molecular weight excluding hydrogens is 380 g/mol. The minimum Gasteiger partial charge on any atom is -0.462 e. The molecule has 0 unspecified atom stereocenters. The summed E-state index contributed by atoms with van der Waals surface area (Å²) in [5, 5.41) is 9.25. The summed E-state index contributed by atoms with van der Waals surface area (Å²) in [4.78, 5) is 23.2. The van der Waals surface area contributed by atoms with Gasteiger partial charge in [0.25, 0.3) is 0 Å². The van der Waals surface area contributed by atoms with Crippen LogP contribution in [-0.2, 0) is 19.1 Å². The van der Waals surface area contributed by atoms with Gasteiger partial charge in [0.2, 0.25) is 0 Å². The molecule has 5 heteroatoms. The summed E-state index contributed by atoms with van der Waals surface area (Å²) in [6.45, 7) is 3.73. The van der Waals surface area contributed by atoms with Gasteiger partial charge in [0.05, 0.1) is 6.61 Å². The Morgan fingerprint density at radius 3 is 1.87 bits per heavy atom. The fourth-order valence-corrected chi connectivity index (χ4v) is 3.17. The van der Waals surface area contributed by atoms with Crippen LogP contribution in [0.1, 0.15) is 117 Å². The number of esters is 2. The molecule has 0 aliphatic carbocycles. The molecular formula is C25H46O5. The number of hydrogen-bond donors (Lipinski definition) is 1. The summed E-state index contributed by atoms with van der Waals surface area (Å²) in [7, 11) is 0. The van der Waals surface area contributed by atoms with Gasteiger partial charge < -0.3 is 14.6 Å². The maximum atomic E-state index is 11.8. The number of aliphatic hydroxyl groups excluding tert-OH is 1. The Morgan fingerprint density at radius 1 is 0.733 bits per heavy atom. The second-order valence-electron chi connectivity index (χ2n) is 8.06. The number of rotatable bonds is 21. The molecule has 0 heterocycles. The number of aliphatic hydroxyl groups is 1. The first kappa shape index (κ1) is 28.6. The molecule has 176 valence electrons. The zero-order valence-electron chi connectivity index (χ0n) is 19.5. The van der Waals surface area contributed by atoms with Crippen LogP contribution in [0, 0.1) is 0 Å². The number of hydrogen-bond acceptors (Lipinski definition) is 5. The molecule has 0 aliphatic rings. The van der Waals surface area contributed by atoms with Crippen molar-refractivity contribution in [2.45, 2.75) is 123 Å². The molecule has 0 spiro atoms. The largest absolute Gasteiger partial charge is 0.462 e. The molecule has 0 fully saturated rings. The standard InChI is InChI=1S/C25H46O5/c1-3-5-6-7-8-9-10-11-12-13-14-15-16-17-18-20-25(28)30-23(21-26)22-29-24(27)19-4-2/h11-12,23,26H,3-10,13-22H2,1-2H3/b12-11-/t23-/m0/s1. The Hall–Kier alpha value is -1.36. The lowest BCUT2D eigenvalue weighted by molar-refractivity contribution is -0.161. The van der Waals surface area contributed by atoms with Gasteiger partial charge >= 0.3 is 11.9 Å². The minimum atomic E-state index is -0.763. The van der Waals surface area contributed by atoms with Crippen LogP contribution in [0.4, 0.5) is 0 Å². The predicted molar refractivity (Wildman–Crippen MR) is 122 cm³/mol. The van der Waals surface area contributed by atoms with E-state index in [1.807, 2.05) is 6.92 Å². The lowest BCUT2D eigenvalue weighted by atomic mass is 10.1. The molecule has 5 nitrogen and oxygen atoms in total. The van der Waals surface area contributed by atoms with Crippen molar-refractivity contribution >= 4 is 11.9 Å². The summed E-state index contributed by atoms with van der Waals surface area (Å²) >= 11 is 0. The summed E-state index contributed by atoms with van der Waals surface area (Å²) in [5.74, 6) is -0.664. The van der Waals surface area contributed by atoms with E-state index in [1.54, 1.807) is 0 Å². The first-order valence-electron chi connectivity index (χ1n) is 12.2. The van der Waals surface area contributed by atoms with Gasteiger partial charge in [0.15, 0.2) is 6.10 Å². The highest BCUT2D eigenvalue weighted by Gasteiger charge is 2.15. The van der Waals surface area contributed by atoms with E-state index in [0.29, 0.717) is 19.3 Å². The number of unbranched alkanes of at least 4 members (excludes halogenated alkanes) is 11. The fourth-order valence-electron chi connectivity index (χ4n) is 3.17. The summed E-state index contributed by atoms with van der Waals surface area (Å²) in [5.41, 5.74) is 0. The highest BCUT2D eigenvalue weighted by atomic mass is 16.6. The average molecular weight is 427 g/mol. The minimum absolute atomic E-state index is 0.0759. The lowest BCUT2D eigenvalue weighted by Gasteiger charge is -2.15. The van der Waals surface area contributed by atoms with Gasteiger partial charge in [-0.2, -0.15) is 0 Å². The smallest absolute Gasteiger partial charge is 0.306 e. The number of allylic oxidation sites excluding steroid dienone is 2. The third-order valence-electron chi connectivity index (χ3n) is 5.03. The average Bonchev–Trinajstić information content (AvgIpc) is 2.74. The van der Waals surface area contributed by atoms with Crippen LogP contribution in [0.5, 0.6) is 0 Å². The van der Waals surface area contributed by atoms with Crippen LogP contribution in [0.3, 0.4) is 0 Å². The van der Waals surface area contributed by atoms with Crippen LogP contribution in [-0.4, -0.2) is 36.4 Å². The molecule has 0 bridgehead atoms. The maximum absolute atomic E-state index is 11.8. The summed E-state index contributed by atoms with van der Waals surface area (Å²) in [6.07, 6.45) is 21.0. The van der Waals surface area contributed by atoms with Gasteiger partial charge in [-0.15, -0.1) is 0 Å². The molecule has 0 saturated carbocycles. The molecule has 0 aromatic rings. The summed E-state index contributed by atoms with van der Waals surface area (Å²) < 4.78 is 10.2. The Bertz CT molecular complexity index is 433.